The number of fused-ring (bicyclic) bond motifs is 1. The molecular formula is C27H24N2O5S. The predicted molar refractivity (Wildman–Crippen MR) is 133 cm³/mol. The van der Waals surface area contributed by atoms with Crippen molar-refractivity contribution in [1.29, 1.82) is 0 Å². The van der Waals surface area contributed by atoms with Crippen LogP contribution in [-0.4, -0.2) is 43.9 Å². The standard InChI is InChI=1S/C27H24N2O5S/c30-23(19-12-14-21(15-13-19)35(32,33)29-16-6-7-17-29)18-28-25-22-10-4-5-11-24(22)34-27(25)26(31)20-8-2-1-3-9-20/h1-5,8-15,28H,6-7,16-18H2. The van der Waals surface area contributed by atoms with Crippen molar-refractivity contribution in [2.24, 2.45) is 0 Å². The molecule has 0 spiro atoms. The summed E-state index contributed by atoms with van der Waals surface area (Å²) in [7, 11) is -3.54. The highest BCUT2D eigenvalue weighted by atomic mass is 32.2. The molecule has 2 heterocycles. The van der Waals surface area contributed by atoms with Crippen molar-refractivity contribution in [2.75, 3.05) is 25.0 Å². The van der Waals surface area contributed by atoms with Crippen LogP contribution < -0.4 is 5.32 Å². The highest BCUT2D eigenvalue weighted by molar-refractivity contribution is 7.89. The Bertz CT molecular complexity index is 1490. The molecule has 0 amide bonds. The summed E-state index contributed by atoms with van der Waals surface area (Å²) >= 11 is 0. The van der Waals surface area contributed by atoms with Crippen LogP contribution >= 0.6 is 0 Å². The molecule has 0 radical (unpaired) electrons. The lowest BCUT2D eigenvalue weighted by atomic mass is 10.1. The Kier molecular flexibility index (Phi) is 6.23. The molecule has 1 aromatic heterocycles. The molecule has 1 aliphatic rings. The average molecular weight is 489 g/mol. The van der Waals surface area contributed by atoms with Gasteiger partial charge in [-0.15, -0.1) is 0 Å². The average Bonchev–Trinajstić information content (AvgIpc) is 3.56. The first kappa shape index (κ1) is 23.0. The molecule has 178 valence electrons. The Hall–Kier alpha value is -3.75. The lowest BCUT2D eigenvalue weighted by molar-refractivity contribution is 0.0997. The Morgan fingerprint density at radius 3 is 2.20 bits per heavy atom. The van der Waals surface area contributed by atoms with E-state index in [1.165, 1.54) is 28.6 Å². The molecule has 1 saturated heterocycles. The highest BCUT2D eigenvalue weighted by Gasteiger charge is 2.27. The second-order valence-corrected chi connectivity index (χ2v) is 10.3. The van der Waals surface area contributed by atoms with Crippen LogP contribution in [0, 0.1) is 0 Å². The van der Waals surface area contributed by atoms with Gasteiger partial charge in [-0.05, 0) is 49.2 Å². The van der Waals surface area contributed by atoms with Crippen molar-refractivity contribution < 1.29 is 22.4 Å². The summed E-state index contributed by atoms with van der Waals surface area (Å²) in [5.41, 5.74) is 1.85. The van der Waals surface area contributed by atoms with Crippen LogP contribution in [0.15, 0.2) is 88.2 Å². The normalized spacial score (nSPS) is 14.3. The summed E-state index contributed by atoms with van der Waals surface area (Å²) in [4.78, 5) is 26.2. The minimum atomic E-state index is -3.54. The molecular weight excluding hydrogens is 464 g/mol. The SMILES string of the molecule is O=C(CNc1c(C(=O)c2ccccc2)oc2ccccc12)c1ccc(S(=O)(=O)N2CCCC2)cc1. The van der Waals surface area contributed by atoms with Crippen LogP contribution in [0.2, 0.25) is 0 Å². The van der Waals surface area contributed by atoms with Gasteiger partial charge in [-0.3, -0.25) is 9.59 Å². The van der Waals surface area contributed by atoms with Crippen molar-refractivity contribution in [2.45, 2.75) is 17.7 Å². The number of anilines is 1. The van der Waals surface area contributed by atoms with Crippen LogP contribution in [0.1, 0.15) is 39.3 Å². The maximum Gasteiger partial charge on any atom is 0.243 e. The molecule has 0 bridgehead atoms. The minimum absolute atomic E-state index is 0.0865. The van der Waals surface area contributed by atoms with E-state index in [4.69, 9.17) is 4.42 Å². The summed E-state index contributed by atoms with van der Waals surface area (Å²) in [6.07, 6.45) is 1.72. The quantitative estimate of drug-likeness (QED) is 0.360. The molecule has 0 saturated carbocycles. The third-order valence-electron chi connectivity index (χ3n) is 6.14. The molecule has 3 aromatic carbocycles. The Labute approximate surface area is 203 Å². The number of hydrogen-bond donors (Lipinski definition) is 1. The zero-order chi connectivity index (χ0) is 24.4. The maximum absolute atomic E-state index is 13.1. The van der Waals surface area contributed by atoms with E-state index in [1.807, 2.05) is 24.3 Å². The number of carbonyl (C=O) groups excluding carboxylic acids is 2. The zero-order valence-corrected chi connectivity index (χ0v) is 19.8. The first-order valence-corrected chi connectivity index (χ1v) is 12.9. The lowest BCUT2D eigenvalue weighted by Gasteiger charge is -2.15. The van der Waals surface area contributed by atoms with Gasteiger partial charge in [0.2, 0.25) is 15.8 Å². The maximum atomic E-state index is 13.1. The molecule has 1 N–H and O–H groups in total. The van der Waals surface area contributed by atoms with E-state index in [-0.39, 0.29) is 28.8 Å². The van der Waals surface area contributed by atoms with Crippen molar-refractivity contribution in [3.63, 3.8) is 0 Å². The first-order chi connectivity index (χ1) is 16.9. The molecule has 35 heavy (non-hydrogen) atoms. The minimum Gasteiger partial charge on any atom is -0.450 e. The van der Waals surface area contributed by atoms with E-state index in [0.29, 0.717) is 40.9 Å². The summed E-state index contributed by atoms with van der Waals surface area (Å²) in [6, 6.07) is 22.0. The predicted octanol–water partition coefficient (Wildman–Crippen LogP) is 4.74. The summed E-state index contributed by atoms with van der Waals surface area (Å²) in [6.45, 7) is 0.960. The van der Waals surface area contributed by atoms with Gasteiger partial charge in [-0.25, -0.2) is 8.42 Å². The van der Waals surface area contributed by atoms with E-state index < -0.39 is 10.0 Å². The lowest BCUT2D eigenvalue weighted by Crippen LogP contribution is -2.27. The molecule has 0 aliphatic carbocycles. The number of benzene rings is 3. The molecule has 8 heteroatoms. The topological polar surface area (TPSA) is 96.7 Å². The molecule has 5 rings (SSSR count). The van der Waals surface area contributed by atoms with Gasteiger partial charge in [0.05, 0.1) is 17.1 Å². The number of hydrogen-bond acceptors (Lipinski definition) is 6. The van der Waals surface area contributed by atoms with Crippen molar-refractivity contribution in [3.8, 4) is 0 Å². The Morgan fingerprint density at radius 1 is 0.829 bits per heavy atom. The van der Waals surface area contributed by atoms with Gasteiger partial charge in [0, 0.05) is 29.6 Å². The van der Waals surface area contributed by atoms with E-state index in [2.05, 4.69) is 5.32 Å². The number of ketones is 2. The number of nitrogens with one attached hydrogen (secondary N) is 1. The van der Waals surface area contributed by atoms with Crippen LogP contribution in [-0.2, 0) is 10.0 Å². The molecule has 7 nitrogen and oxygen atoms in total. The number of nitrogens with zero attached hydrogens (tertiary/aromatic N) is 1. The largest absolute Gasteiger partial charge is 0.450 e. The fourth-order valence-electron chi connectivity index (χ4n) is 4.26. The van der Waals surface area contributed by atoms with Crippen LogP contribution in [0.4, 0.5) is 5.69 Å². The Balaban J connectivity index is 1.37. The monoisotopic (exact) mass is 488 g/mol. The van der Waals surface area contributed by atoms with Gasteiger partial charge >= 0.3 is 0 Å². The van der Waals surface area contributed by atoms with Crippen LogP contribution in [0.25, 0.3) is 11.0 Å². The van der Waals surface area contributed by atoms with Crippen molar-refractivity contribution in [1.82, 2.24) is 4.31 Å². The fourth-order valence-corrected chi connectivity index (χ4v) is 5.78. The molecule has 1 fully saturated rings. The third-order valence-corrected chi connectivity index (χ3v) is 8.06. The van der Waals surface area contributed by atoms with Crippen molar-refractivity contribution in [3.05, 3.63) is 95.7 Å². The molecule has 4 aromatic rings. The second kappa shape index (κ2) is 9.48. The number of para-hydroxylation sites is 1. The Morgan fingerprint density at radius 2 is 1.49 bits per heavy atom. The highest BCUT2D eigenvalue weighted by Crippen LogP contribution is 2.32. The molecule has 1 aliphatic heterocycles. The van der Waals surface area contributed by atoms with Gasteiger partial charge in [0.15, 0.2) is 11.5 Å². The van der Waals surface area contributed by atoms with Gasteiger partial charge in [0.1, 0.15) is 5.58 Å². The first-order valence-electron chi connectivity index (χ1n) is 11.4. The molecule has 0 atom stereocenters. The zero-order valence-electron chi connectivity index (χ0n) is 18.9. The van der Waals surface area contributed by atoms with E-state index in [0.717, 1.165) is 12.8 Å². The molecule has 0 unspecified atom stereocenters. The van der Waals surface area contributed by atoms with E-state index in [1.54, 1.807) is 30.3 Å². The number of carbonyl (C=O) groups is 2. The van der Waals surface area contributed by atoms with Gasteiger partial charge in [-0.2, -0.15) is 4.31 Å². The number of sulfonamides is 1. The third kappa shape index (κ3) is 4.50. The van der Waals surface area contributed by atoms with Crippen molar-refractivity contribution >= 4 is 38.2 Å². The summed E-state index contributed by atoms with van der Waals surface area (Å²) in [5, 5.41) is 3.78. The summed E-state index contributed by atoms with van der Waals surface area (Å²) in [5.74, 6) is -0.385. The summed E-state index contributed by atoms with van der Waals surface area (Å²) < 4.78 is 32.8. The van der Waals surface area contributed by atoms with Crippen LogP contribution in [0.3, 0.4) is 0 Å². The number of rotatable bonds is 8. The van der Waals surface area contributed by atoms with E-state index in [9.17, 15) is 18.0 Å². The number of furan rings is 1. The second-order valence-electron chi connectivity index (χ2n) is 8.41. The fraction of sp³-hybridized carbons (Fsp3) is 0.185. The van der Waals surface area contributed by atoms with Gasteiger partial charge in [-0.1, -0.05) is 42.5 Å². The number of Topliss-reactive ketones (excluding diaryl/α,β-unsaturated/α-hetero) is 1. The van der Waals surface area contributed by atoms with Gasteiger partial charge in [0.25, 0.3) is 0 Å². The van der Waals surface area contributed by atoms with Gasteiger partial charge < -0.3 is 9.73 Å². The van der Waals surface area contributed by atoms with E-state index >= 15 is 0 Å². The smallest absolute Gasteiger partial charge is 0.243 e. The van der Waals surface area contributed by atoms with Crippen LogP contribution in [0.5, 0.6) is 0 Å².